The van der Waals surface area contributed by atoms with Gasteiger partial charge in [-0.3, -0.25) is 4.79 Å². The maximum atomic E-state index is 12.2. The summed E-state index contributed by atoms with van der Waals surface area (Å²) in [5, 5.41) is 11.3. The van der Waals surface area contributed by atoms with Crippen LogP contribution in [0.4, 0.5) is 5.69 Å². The summed E-state index contributed by atoms with van der Waals surface area (Å²) in [5.41, 5.74) is 0.790. The molecule has 1 aromatic carbocycles. The van der Waals surface area contributed by atoms with E-state index in [4.69, 9.17) is 4.42 Å². The number of carbonyl (C=O) groups excluding carboxylic acids is 1. The molecule has 0 bridgehead atoms. The van der Waals surface area contributed by atoms with Crippen LogP contribution in [-0.2, 0) is 4.79 Å². The Bertz CT molecular complexity index is 638. The Morgan fingerprint density at radius 1 is 1.22 bits per heavy atom. The fourth-order valence-corrected chi connectivity index (χ4v) is 3.44. The third-order valence-corrected chi connectivity index (χ3v) is 5.00. The normalized spacial score (nSPS) is 16.9. The van der Waals surface area contributed by atoms with Gasteiger partial charge in [0.05, 0.1) is 5.25 Å². The standard InChI is InChI=1S/C17H21N3O2S/c1-12(15(21)18-14-10-6-3-7-11-14)23-17-20-19-16(22-17)13-8-4-2-5-9-13/h3,6-7,10-13H,2,4-5,8-9H2,1H3,(H,18,21)/t12-/m0/s1. The van der Waals surface area contributed by atoms with Crippen LogP contribution in [0.15, 0.2) is 40.0 Å². The van der Waals surface area contributed by atoms with Crippen molar-refractivity contribution in [1.82, 2.24) is 10.2 Å². The molecule has 0 unspecified atom stereocenters. The lowest BCUT2D eigenvalue weighted by atomic mass is 9.89. The average molecular weight is 331 g/mol. The van der Waals surface area contributed by atoms with Crippen molar-refractivity contribution in [2.45, 2.75) is 55.4 Å². The highest BCUT2D eigenvalue weighted by Gasteiger charge is 2.23. The smallest absolute Gasteiger partial charge is 0.277 e. The second kappa shape index (κ2) is 7.64. The quantitative estimate of drug-likeness (QED) is 0.830. The van der Waals surface area contributed by atoms with Crippen molar-refractivity contribution < 1.29 is 9.21 Å². The molecule has 0 radical (unpaired) electrons. The molecule has 3 rings (SSSR count). The van der Waals surface area contributed by atoms with Crippen LogP contribution < -0.4 is 5.32 Å². The van der Waals surface area contributed by atoms with Gasteiger partial charge in [0.25, 0.3) is 5.22 Å². The van der Waals surface area contributed by atoms with Crippen molar-refractivity contribution >= 4 is 23.4 Å². The largest absolute Gasteiger partial charge is 0.416 e. The molecule has 0 spiro atoms. The minimum atomic E-state index is -0.296. The van der Waals surface area contributed by atoms with Crippen molar-refractivity contribution in [2.24, 2.45) is 0 Å². The van der Waals surface area contributed by atoms with Crippen molar-refractivity contribution in [3.8, 4) is 0 Å². The topological polar surface area (TPSA) is 68.0 Å². The molecule has 6 heteroatoms. The maximum Gasteiger partial charge on any atom is 0.277 e. The number of para-hydroxylation sites is 1. The van der Waals surface area contributed by atoms with Crippen LogP contribution in [-0.4, -0.2) is 21.4 Å². The van der Waals surface area contributed by atoms with E-state index in [0.29, 0.717) is 11.1 Å². The van der Waals surface area contributed by atoms with E-state index < -0.39 is 0 Å². The lowest BCUT2D eigenvalue weighted by Crippen LogP contribution is -2.22. The van der Waals surface area contributed by atoms with Crippen LogP contribution in [0.5, 0.6) is 0 Å². The zero-order valence-electron chi connectivity index (χ0n) is 13.2. The highest BCUT2D eigenvalue weighted by molar-refractivity contribution is 8.00. The third-order valence-electron chi connectivity index (χ3n) is 4.06. The number of rotatable bonds is 5. The van der Waals surface area contributed by atoms with Gasteiger partial charge in [-0.1, -0.05) is 49.2 Å². The molecule has 1 aliphatic rings. The van der Waals surface area contributed by atoms with Crippen LogP contribution in [0.3, 0.4) is 0 Å². The highest BCUT2D eigenvalue weighted by atomic mass is 32.2. The van der Waals surface area contributed by atoms with Gasteiger partial charge >= 0.3 is 0 Å². The zero-order valence-corrected chi connectivity index (χ0v) is 14.0. The summed E-state index contributed by atoms with van der Waals surface area (Å²) in [6.45, 7) is 1.84. The van der Waals surface area contributed by atoms with Gasteiger partial charge in [-0.2, -0.15) is 0 Å². The Morgan fingerprint density at radius 3 is 2.70 bits per heavy atom. The van der Waals surface area contributed by atoms with Crippen LogP contribution in [0.1, 0.15) is 50.8 Å². The third kappa shape index (κ3) is 4.34. The molecule has 1 aromatic heterocycles. The van der Waals surface area contributed by atoms with Gasteiger partial charge in [0, 0.05) is 11.6 Å². The minimum Gasteiger partial charge on any atom is -0.416 e. The van der Waals surface area contributed by atoms with Gasteiger partial charge in [-0.15, -0.1) is 10.2 Å². The molecule has 23 heavy (non-hydrogen) atoms. The van der Waals surface area contributed by atoms with Crippen molar-refractivity contribution in [2.75, 3.05) is 5.32 Å². The van der Waals surface area contributed by atoms with E-state index in [1.165, 1.54) is 31.0 Å². The van der Waals surface area contributed by atoms with Crippen LogP contribution in [0.2, 0.25) is 0 Å². The molecule has 1 fully saturated rings. The lowest BCUT2D eigenvalue weighted by Gasteiger charge is -2.17. The number of hydrogen-bond donors (Lipinski definition) is 1. The lowest BCUT2D eigenvalue weighted by molar-refractivity contribution is -0.115. The summed E-state index contributed by atoms with van der Waals surface area (Å²) in [7, 11) is 0. The predicted molar refractivity (Wildman–Crippen MR) is 90.5 cm³/mol. The molecule has 1 heterocycles. The molecule has 1 N–H and O–H groups in total. The van der Waals surface area contributed by atoms with E-state index in [2.05, 4.69) is 15.5 Å². The second-order valence-electron chi connectivity index (χ2n) is 5.86. The van der Waals surface area contributed by atoms with E-state index >= 15 is 0 Å². The Morgan fingerprint density at radius 2 is 1.96 bits per heavy atom. The second-order valence-corrected chi connectivity index (χ2v) is 7.15. The molecule has 1 saturated carbocycles. The Labute approximate surface area is 140 Å². The van der Waals surface area contributed by atoms with E-state index in [9.17, 15) is 4.79 Å². The molecule has 122 valence electrons. The first-order chi connectivity index (χ1) is 11.2. The number of nitrogens with zero attached hydrogens (tertiary/aromatic N) is 2. The number of benzene rings is 1. The van der Waals surface area contributed by atoms with Crippen LogP contribution in [0, 0.1) is 0 Å². The molecular weight excluding hydrogens is 310 g/mol. The van der Waals surface area contributed by atoms with Gasteiger partial charge in [0.2, 0.25) is 11.8 Å². The molecule has 1 aliphatic carbocycles. The summed E-state index contributed by atoms with van der Waals surface area (Å²) in [4.78, 5) is 12.2. The van der Waals surface area contributed by atoms with E-state index in [1.54, 1.807) is 0 Å². The number of nitrogens with one attached hydrogen (secondary N) is 1. The highest BCUT2D eigenvalue weighted by Crippen LogP contribution is 2.33. The van der Waals surface area contributed by atoms with E-state index in [-0.39, 0.29) is 11.2 Å². The first-order valence-electron chi connectivity index (χ1n) is 8.08. The van der Waals surface area contributed by atoms with Crippen molar-refractivity contribution in [1.29, 1.82) is 0 Å². The SMILES string of the molecule is C[C@H](Sc1nnc(C2CCCCC2)o1)C(=O)Nc1ccccc1. The summed E-state index contributed by atoms with van der Waals surface area (Å²) in [6.07, 6.45) is 5.99. The minimum absolute atomic E-state index is 0.0707. The van der Waals surface area contributed by atoms with Crippen molar-refractivity contribution in [3.63, 3.8) is 0 Å². The summed E-state index contributed by atoms with van der Waals surface area (Å²) < 4.78 is 5.75. The van der Waals surface area contributed by atoms with Gasteiger partial charge in [-0.25, -0.2) is 0 Å². The summed E-state index contributed by atoms with van der Waals surface area (Å²) in [5.74, 6) is 1.04. The fourth-order valence-electron chi connectivity index (χ4n) is 2.75. The van der Waals surface area contributed by atoms with Crippen LogP contribution >= 0.6 is 11.8 Å². The number of amides is 1. The fraction of sp³-hybridized carbons (Fsp3) is 0.471. The number of thioether (sulfide) groups is 1. The molecule has 1 atom stereocenters. The van der Waals surface area contributed by atoms with Crippen LogP contribution in [0.25, 0.3) is 0 Å². The Balaban J connectivity index is 1.56. The van der Waals surface area contributed by atoms with Crippen molar-refractivity contribution in [3.05, 3.63) is 36.2 Å². The molecular formula is C17H21N3O2S. The number of hydrogen-bond acceptors (Lipinski definition) is 5. The molecule has 1 amide bonds. The molecule has 5 nitrogen and oxygen atoms in total. The summed E-state index contributed by atoms with van der Waals surface area (Å²) in [6, 6.07) is 9.43. The Kier molecular flexibility index (Phi) is 5.33. The molecule has 2 aromatic rings. The zero-order chi connectivity index (χ0) is 16.1. The van der Waals surface area contributed by atoms with Gasteiger partial charge < -0.3 is 9.73 Å². The summed E-state index contributed by atoms with van der Waals surface area (Å²) >= 11 is 1.30. The van der Waals surface area contributed by atoms with Gasteiger partial charge in [-0.05, 0) is 31.9 Å². The average Bonchev–Trinajstić information content (AvgIpc) is 3.05. The number of anilines is 1. The van der Waals surface area contributed by atoms with E-state index in [0.717, 1.165) is 24.4 Å². The number of aromatic nitrogens is 2. The Hall–Kier alpha value is -1.82. The number of carbonyl (C=O) groups is 1. The maximum absolute atomic E-state index is 12.2. The molecule has 0 saturated heterocycles. The van der Waals surface area contributed by atoms with Gasteiger partial charge in [0.15, 0.2) is 0 Å². The van der Waals surface area contributed by atoms with Gasteiger partial charge in [0.1, 0.15) is 0 Å². The predicted octanol–water partition coefficient (Wildman–Crippen LogP) is 4.24. The first-order valence-corrected chi connectivity index (χ1v) is 8.96. The van der Waals surface area contributed by atoms with E-state index in [1.807, 2.05) is 37.3 Å². The molecule has 0 aliphatic heterocycles. The first kappa shape index (κ1) is 16.1. The monoisotopic (exact) mass is 331 g/mol.